The minimum atomic E-state index is -0.811. The fourth-order valence-corrected chi connectivity index (χ4v) is 2.21. The maximum atomic E-state index is 12.4. The van der Waals surface area contributed by atoms with Crippen LogP contribution in [0.25, 0.3) is 0 Å². The van der Waals surface area contributed by atoms with Gasteiger partial charge in [0.05, 0.1) is 6.54 Å². The van der Waals surface area contributed by atoms with Crippen molar-refractivity contribution in [3.05, 3.63) is 35.4 Å². The molecular formula is C15H21N3O2. The van der Waals surface area contributed by atoms with E-state index in [-0.39, 0.29) is 24.4 Å². The van der Waals surface area contributed by atoms with Crippen LogP contribution in [0.3, 0.4) is 0 Å². The van der Waals surface area contributed by atoms with E-state index in [4.69, 9.17) is 5.73 Å². The number of carbonyl (C=O) groups excluding carboxylic acids is 2. The Balaban J connectivity index is 2.17. The van der Waals surface area contributed by atoms with Crippen molar-refractivity contribution < 1.29 is 9.59 Å². The molecule has 1 fully saturated rings. The van der Waals surface area contributed by atoms with Crippen molar-refractivity contribution in [2.45, 2.75) is 39.4 Å². The van der Waals surface area contributed by atoms with E-state index in [1.54, 1.807) is 6.92 Å². The van der Waals surface area contributed by atoms with E-state index in [0.29, 0.717) is 6.54 Å². The van der Waals surface area contributed by atoms with E-state index in [1.165, 1.54) is 4.90 Å². The van der Waals surface area contributed by atoms with E-state index >= 15 is 0 Å². The molecule has 1 unspecified atom stereocenters. The van der Waals surface area contributed by atoms with Crippen molar-refractivity contribution in [2.75, 3.05) is 0 Å². The van der Waals surface area contributed by atoms with Crippen LogP contribution in [-0.4, -0.2) is 22.4 Å². The number of imide groups is 1. The molecule has 5 nitrogen and oxygen atoms in total. The standard InChI is InChI=1S/C15H21N3O2/c1-10(2)15(3)13(19)18(14(20)17-15)9-12-6-4-11(8-16)5-7-12/h4-7,10H,8-9,16H2,1-3H3,(H,17,20). The summed E-state index contributed by atoms with van der Waals surface area (Å²) < 4.78 is 0. The number of hydrogen-bond donors (Lipinski definition) is 2. The van der Waals surface area contributed by atoms with Crippen LogP contribution in [0.1, 0.15) is 31.9 Å². The maximum Gasteiger partial charge on any atom is 0.325 e. The molecule has 1 heterocycles. The van der Waals surface area contributed by atoms with Crippen molar-refractivity contribution in [1.82, 2.24) is 10.2 Å². The second kappa shape index (κ2) is 5.25. The lowest BCUT2D eigenvalue weighted by molar-refractivity contribution is -0.132. The highest BCUT2D eigenvalue weighted by Gasteiger charge is 2.49. The summed E-state index contributed by atoms with van der Waals surface area (Å²) in [4.78, 5) is 25.7. The van der Waals surface area contributed by atoms with Gasteiger partial charge >= 0.3 is 6.03 Å². The first-order valence-electron chi connectivity index (χ1n) is 6.80. The topological polar surface area (TPSA) is 75.4 Å². The Bertz CT molecular complexity index is 524. The lowest BCUT2D eigenvalue weighted by atomic mass is 9.88. The van der Waals surface area contributed by atoms with E-state index in [1.807, 2.05) is 38.1 Å². The third kappa shape index (κ3) is 2.41. The maximum absolute atomic E-state index is 12.4. The Hall–Kier alpha value is -1.88. The molecule has 1 aromatic rings. The second-order valence-corrected chi connectivity index (χ2v) is 5.70. The Morgan fingerprint density at radius 2 is 1.75 bits per heavy atom. The number of nitrogens with one attached hydrogen (secondary N) is 1. The van der Waals surface area contributed by atoms with Gasteiger partial charge in [0, 0.05) is 6.54 Å². The molecule has 108 valence electrons. The van der Waals surface area contributed by atoms with Crippen LogP contribution >= 0.6 is 0 Å². The first-order valence-corrected chi connectivity index (χ1v) is 6.80. The highest BCUT2D eigenvalue weighted by molar-refractivity contribution is 6.06. The normalized spacial score (nSPS) is 22.6. The Labute approximate surface area is 119 Å². The van der Waals surface area contributed by atoms with Gasteiger partial charge in [0.1, 0.15) is 5.54 Å². The van der Waals surface area contributed by atoms with Crippen LogP contribution in [0.4, 0.5) is 4.79 Å². The number of rotatable bonds is 4. The van der Waals surface area contributed by atoms with Crippen molar-refractivity contribution in [3.8, 4) is 0 Å². The SMILES string of the molecule is CC(C)C1(C)NC(=O)N(Cc2ccc(CN)cc2)C1=O. The molecule has 0 aromatic heterocycles. The molecule has 1 aliphatic heterocycles. The Morgan fingerprint density at radius 1 is 1.20 bits per heavy atom. The van der Waals surface area contributed by atoms with Crippen LogP contribution in [0, 0.1) is 5.92 Å². The van der Waals surface area contributed by atoms with Crippen molar-refractivity contribution in [3.63, 3.8) is 0 Å². The van der Waals surface area contributed by atoms with Gasteiger partial charge in [-0.25, -0.2) is 4.79 Å². The molecular weight excluding hydrogens is 254 g/mol. The number of hydrogen-bond acceptors (Lipinski definition) is 3. The van der Waals surface area contributed by atoms with E-state index < -0.39 is 5.54 Å². The van der Waals surface area contributed by atoms with Gasteiger partial charge in [-0.1, -0.05) is 38.1 Å². The van der Waals surface area contributed by atoms with Gasteiger partial charge in [0.25, 0.3) is 5.91 Å². The lowest BCUT2D eigenvalue weighted by Gasteiger charge is -2.25. The zero-order valence-corrected chi connectivity index (χ0v) is 12.1. The molecule has 3 amide bonds. The molecule has 0 radical (unpaired) electrons. The summed E-state index contributed by atoms with van der Waals surface area (Å²) in [6.45, 7) is 6.40. The largest absolute Gasteiger partial charge is 0.326 e. The predicted octanol–water partition coefficient (Wildman–Crippen LogP) is 1.61. The number of benzene rings is 1. The van der Waals surface area contributed by atoms with E-state index in [9.17, 15) is 9.59 Å². The molecule has 1 atom stereocenters. The number of nitrogens with two attached hydrogens (primary N) is 1. The highest BCUT2D eigenvalue weighted by Crippen LogP contribution is 2.26. The van der Waals surface area contributed by atoms with Crippen LogP contribution < -0.4 is 11.1 Å². The summed E-state index contributed by atoms with van der Waals surface area (Å²) in [6.07, 6.45) is 0. The summed E-state index contributed by atoms with van der Waals surface area (Å²) in [6, 6.07) is 7.29. The lowest BCUT2D eigenvalue weighted by Crippen LogP contribution is -2.48. The first-order chi connectivity index (χ1) is 9.38. The van der Waals surface area contributed by atoms with Crippen LogP contribution in [0.15, 0.2) is 24.3 Å². The third-order valence-electron chi connectivity index (χ3n) is 4.06. The summed E-state index contributed by atoms with van der Waals surface area (Å²) in [5.41, 5.74) is 6.68. The molecule has 1 saturated heterocycles. The first kappa shape index (κ1) is 14.5. The molecule has 0 bridgehead atoms. The molecule has 2 rings (SSSR count). The summed E-state index contributed by atoms with van der Waals surface area (Å²) in [5, 5.41) is 2.79. The monoisotopic (exact) mass is 275 g/mol. The summed E-state index contributed by atoms with van der Waals surface area (Å²) in [7, 11) is 0. The molecule has 5 heteroatoms. The third-order valence-corrected chi connectivity index (χ3v) is 4.06. The van der Waals surface area contributed by atoms with E-state index in [2.05, 4.69) is 5.32 Å². The average molecular weight is 275 g/mol. The molecule has 0 aliphatic carbocycles. The highest BCUT2D eigenvalue weighted by atomic mass is 16.2. The van der Waals surface area contributed by atoms with Crippen molar-refractivity contribution >= 4 is 11.9 Å². The zero-order valence-electron chi connectivity index (χ0n) is 12.1. The molecule has 1 aliphatic rings. The Kier molecular flexibility index (Phi) is 3.81. The predicted molar refractivity (Wildman–Crippen MR) is 76.7 cm³/mol. The minimum Gasteiger partial charge on any atom is -0.326 e. The van der Waals surface area contributed by atoms with Crippen molar-refractivity contribution in [1.29, 1.82) is 0 Å². The summed E-state index contributed by atoms with van der Waals surface area (Å²) >= 11 is 0. The van der Waals surface area contributed by atoms with Gasteiger partial charge in [0.2, 0.25) is 0 Å². The number of amides is 3. The Morgan fingerprint density at radius 3 is 2.20 bits per heavy atom. The van der Waals surface area contributed by atoms with Gasteiger partial charge < -0.3 is 11.1 Å². The van der Waals surface area contributed by atoms with Crippen LogP contribution in [0.5, 0.6) is 0 Å². The number of nitrogens with zero attached hydrogens (tertiary/aromatic N) is 1. The van der Waals surface area contributed by atoms with E-state index in [0.717, 1.165) is 11.1 Å². The van der Waals surface area contributed by atoms with Gasteiger partial charge in [-0.2, -0.15) is 0 Å². The molecule has 1 aromatic carbocycles. The van der Waals surface area contributed by atoms with Gasteiger partial charge in [-0.05, 0) is 24.0 Å². The van der Waals surface area contributed by atoms with Crippen LogP contribution in [-0.2, 0) is 17.9 Å². The fourth-order valence-electron chi connectivity index (χ4n) is 2.21. The number of carbonyl (C=O) groups is 2. The van der Waals surface area contributed by atoms with Crippen molar-refractivity contribution in [2.24, 2.45) is 11.7 Å². The molecule has 3 N–H and O–H groups in total. The quantitative estimate of drug-likeness (QED) is 0.820. The van der Waals surface area contributed by atoms with Gasteiger partial charge in [-0.15, -0.1) is 0 Å². The fraction of sp³-hybridized carbons (Fsp3) is 0.467. The molecule has 0 spiro atoms. The molecule has 20 heavy (non-hydrogen) atoms. The van der Waals surface area contributed by atoms with Gasteiger partial charge in [0.15, 0.2) is 0 Å². The minimum absolute atomic E-state index is 0.0450. The molecule has 0 saturated carbocycles. The smallest absolute Gasteiger partial charge is 0.325 e. The van der Waals surface area contributed by atoms with Crippen LogP contribution in [0.2, 0.25) is 0 Å². The summed E-state index contributed by atoms with van der Waals surface area (Å²) in [5.74, 6) is -0.121. The zero-order chi connectivity index (χ0) is 14.9. The average Bonchev–Trinajstić information content (AvgIpc) is 2.64. The van der Waals surface area contributed by atoms with Gasteiger partial charge in [-0.3, -0.25) is 9.69 Å². The number of urea groups is 1. The second-order valence-electron chi connectivity index (χ2n) is 5.70.